The average molecular weight is 440 g/mol. The molecule has 3 aromatic rings. The van der Waals surface area contributed by atoms with Gasteiger partial charge in [-0.05, 0) is 43.3 Å². The van der Waals surface area contributed by atoms with E-state index in [0.29, 0.717) is 23.6 Å². The summed E-state index contributed by atoms with van der Waals surface area (Å²) in [5.41, 5.74) is 3.26. The Morgan fingerprint density at radius 1 is 1.06 bits per heavy atom. The van der Waals surface area contributed by atoms with Crippen LogP contribution in [0.4, 0.5) is 17.1 Å². The number of anilines is 2. The molecule has 0 aromatic heterocycles. The first-order chi connectivity index (χ1) is 14.9. The van der Waals surface area contributed by atoms with Crippen LogP contribution in [0.2, 0.25) is 0 Å². The van der Waals surface area contributed by atoms with Gasteiger partial charge < -0.3 is 4.74 Å². The predicted molar refractivity (Wildman–Crippen MR) is 119 cm³/mol. The molecule has 0 aliphatic carbocycles. The Hall–Kier alpha value is -3.92. The van der Waals surface area contributed by atoms with Crippen LogP contribution in [0.25, 0.3) is 0 Å². The fourth-order valence-electron chi connectivity index (χ4n) is 2.69. The third kappa shape index (κ3) is 5.58. The maximum Gasteiger partial charge on any atom is 0.295 e. The van der Waals surface area contributed by atoms with Crippen LogP contribution in [0.15, 0.2) is 82.8 Å². The predicted octanol–water partition coefficient (Wildman–Crippen LogP) is 4.24. The van der Waals surface area contributed by atoms with Gasteiger partial charge in [0.2, 0.25) is 0 Å². The van der Waals surface area contributed by atoms with E-state index >= 15 is 0 Å². The summed E-state index contributed by atoms with van der Waals surface area (Å²) < 4.78 is 33.1. The number of nitrogens with one attached hydrogen (secondary N) is 2. The van der Waals surface area contributed by atoms with Crippen molar-refractivity contribution in [3.8, 4) is 5.75 Å². The van der Waals surface area contributed by atoms with Crippen LogP contribution in [0, 0.1) is 10.1 Å². The normalized spacial score (nSPS) is 11.3. The van der Waals surface area contributed by atoms with E-state index in [0.717, 1.165) is 6.07 Å². The second-order valence-electron chi connectivity index (χ2n) is 6.25. The van der Waals surface area contributed by atoms with Gasteiger partial charge in [-0.15, -0.1) is 0 Å². The summed E-state index contributed by atoms with van der Waals surface area (Å²) in [6.07, 6.45) is 1.47. The lowest BCUT2D eigenvalue weighted by molar-refractivity contribution is -0.384. The number of nitro groups is 1. The van der Waals surface area contributed by atoms with E-state index in [1.165, 1.54) is 18.3 Å². The van der Waals surface area contributed by atoms with E-state index in [2.05, 4.69) is 15.2 Å². The molecule has 31 heavy (non-hydrogen) atoms. The molecule has 0 bridgehead atoms. The van der Waals surface area contributed by atoms with Crippen LogP contribution >= 0.6 is 0 Å². The molecule has 0 radical (unpaired) electrons. The second kappa shape index (κ2) is 9.72. The molecule has 0 atom stereocenters. The fourth-order valence-corrected chi connectivity index (χ4v) is 3.77. The number of hydrazone groups is 1. The fraction of sp³-hybridized carbons (Fsp3) is 0.0952. The number of rotatable bonds is 9. The van der Waals surface area contributed by atoms with Gasteiger partial charge >= 0.3 is 0 Å². The largest absolute Gasteiger partial charge is 0.493 e. The molecule has 0 fully saturated rings. The topological polar surface area (TPSA) is 123 Å². The van der Waals surface area contributed by atoms with Gasteiger partial charge in [-0.3, -0.25) is 20.3 Å². The Kier molecular flexibility index (Phi) is 6.83. The lowest BCUT2D eigenvalue weighted by Gasteiger charge is -2.09. The molecule has 160 valence electrons. The first-order valence-corrected chi connectivity index (χ1v) is 10.8. The minimum Gasteiger partial charge on any atom is -0.493 e. The molecule has 0 aliphatic rings. The maximum absolute atomic E-state index is 12.6. The Bertz CT molecular complexity index is 1200. The molecule has 3 rings (SSSR count). The lowest BCUT2D eigenvalue weighted by atomic mass is 10.2. The average Bonchev–Trinajstić information content (AvgIpc) is 2.75. The van der Waals surface area contributed by atoms with Crippen LogP contribution in [-0.4, -0.2) is 26.2 Å². The van der Waals surface area contributed by atoms with Crippen LogP contribution in [-0.2, 0) is 10.0 Å². The zero-order valence-electron chi connectivity index (χ0n) is 16.6. The standard InChI is InChI=1S/C21H20N4O5S/c1-2-30-21-11-7-6-8-16(21)15-22-23-19-13-12-18(14-20(19)25(26)27)31(28,29)24-17-9-4-3-5-10-17/h3-15,23-24H,2H2,1H3. The monoisotopic (exact) mass is 440 g/mol. The number of nitrogens with zero attached hydrogens (tertiary/aromatic N) is 2. The third-order valence-corrected chi connectivity index (χ3v) is 5.49. The van der Waals surface area contributed by atoms with Gasteiger partial charge in [0.05, 0.1) is 22.6 Å². The number of benzene rings is 3. The van der Waals surface area contributed by atoms with Gasteiger partial charge in [-0.1, -0.05) is 30.3 Å². The molecular weight excluding hydrogens is 420 g/mol. The minimum absolute atomic E-state index is 0.0498. The van der Waals surface area contributed by atoms with Crippen molar-refractivity contribution in [3.05, 3.63) is 88.5 Å². The molecule has 0 heterocycles. The second-order valence-corrected chi connectivity index (χ2v) is 7.93. The van der Waals surface area contributed by atoms with E-state index < -0.39 is 20.6 Å². The van der Waals surface area contributed by atoms with E-state index in [-0.39, 0.29) is 10.6 Å². The van der Waals surface area contributed by atoms with E-state index in [1.807, 2.05) is 19.1 Å². The summed E-state index contributed by atoms with van der Waals surface area (Å²) in [7, 11) is -4.00. The van der Waals surface area contributed by atoms with E-state index in [9.17, 15) is 18.5 Å². The zero-order valence-corrected chi connectivity index (χ0v) is 17.4. The van der Waals surface area contributed by atoms with Gasteiger partial charge in [0.25, 0.3) is 15.7 Å². The number of para-hydroxylation sites is 2. The molecule has 3 aromatic carbocycles. The summed E-state index contributed by atoms with van der Waals surface area (Å²) in [5, 5.41) is 15.5. The van der Waals surface area contributed by atoms with Crippen molar-refractivity contribution in [2.24, 2.45) is 5.10 Å². The van der Waals surface area contributed by atoms with Gasteiger partial charge in [0.15, 0.2) is 0 Å². The smallest absolute Gasteiger partial charge is 0.295 e. The first-order valence-electron chi connectivity index (χ1n) is 9.28. The lowest BCUT2D eigenvalue weighted by Crippen LogP contribution is -2.13. The molecule has 0 amide bonds. The van der Waals surface area contributed by atoms with E-state index in [4.69, 9.17) is 4.74 Å². The van der Waals surface area contributed by atoms with Crippen molar-refractivity contribution in [2.45, 2.75) is 11.8 Å². The molecule has 0 saturated heterocycles. The zero-order chi connectivity index (χ0) is 22.3. The Labute approximate surface area is 179 Å². The first kappa shape index (κ1) is 21.8. The van der Waals surface area contributed by atoms with Crippen molar-refractivity contribution < 1.29 is 18.1 Å². The molecule has 9 nitrogen and oxygen atoms in total. The highest BCUT2D eigenvalue weighted by molar-refractivity contribution is 7.92. The number of hydrogen-bond acceptors (Lipinski definition) is 7. The molecule has 2 N–H and O–H groups in total. The summed E-state index contributed by atoms with van der Waals surface area (Å²) >= 11 is 0. The quantitative estimate of drug-likeness (QED) is 0.291. The maximum atomic E-state index is 12.6. The number of ether oxygens (including phenoxy) is 1. The van der Waals surface area contributed by atoms with Crippen molar-refractivity contribution in [2.75, 3.05) is 16.8 Å². The van der Waals surface area contributed by atoms with Crippen LogP contribution < -0.4 is 14.9 Å². The Morgan fingerprint density at radius 3 is 2.48 bits per heavy atom. The molecule has 0 saturated carbocycles. The van der Waals surface area contributed by atoms with Gasteiger partial charge in [-0.2, -0.15) is 5.10 Å². The number of hydrogen-bond donors (Lipinski definition) is 2. The summed E-state index contributed by atoms with van der Waals surface area (Å²) in [5.74, 6) is 0.624. The molecule has 0 unspecified atom stereocenters. The van der Waals surface area contributed by atoms with Crippen LogP contribution in [0.5, 0.6) is 5.75 Å². The van der Waals surface area contributed by atoms with E-state index in [1.54, 1.807) is 42.5 Å². The highest BCUT2D eigenvalue weighted by Crippen LogP contribution is 2.28. The van der Waals surface area contributed by atoms with Gasteiger partial charge in [0, 0.05) is 17.3 Å². The molecule has 0 spiro atoms. The van der Waals surface area contributed by atoms with Gasteiger partial charge in [0.1, 0.15) is 11.4 Å². The molecule has 0 aliphatic heterocycles. The minimum atomic E-state index is -4.00. The molecule has 10 heteroatoms. The summed E-state index contributed by atoms with van der Waals surface area (Å²) in [4.78, 5) is 10.6. The summed E-state index contributed by atoms with van der Waals surface area (Å²) in [6.45, 7) is 2.34. The van der Waals surface area contributed by atoms with Gasteiger partial charge in [-0.25, -0.2) is 8.42 Å². The van der Waals surface area contributed by atoms with Crippen molar-refractivity contribution >= 4 is 33.3 Å². The molecular formula is C21H20N4O5S. The van der Waals surface area contributed by atoms with Crippen LogP contribution in [0.1, 0.15) is 12.5 Å². The third-order valence-electron chi connectivity index (χ3n) is 4.11. The highest BCUT2D eigenvalue weighted by atomic mass is 32.2. The summed E-state index contributed by atoms with van der Waals surface area (Å²) in [6, 6.07) is 19.0. The highest BCUT2D eigenvalue weighted by Gasteiger charge is 2.21. The number of nitro benzene ring substituents is 1. The number of sulfonamides is 1. The van der Waals surface area contributed by atoms with Crippen LogP contribution in [0.3, 0.4) is 0 Å². The van der Waals surface area contributed by atoms with Crippen molar-refractivity contribution in [1.29, 1.82) is 0 Å². The SMILES string of the molecule is CCOc1ccccc1C=NNc1ccc(S(=O)(=O)Nc2ccccc2)cc1[N+](=O)[O-]. The van der Waals surface area contributed by atoms with Crippen molar-refractivity contribution in [1.82, 2.24) is 0 Å². The Morgan fingerprint density at radius 2 is 1.77 bits per heavy atom. The Balaban J connectivity index is 1.84. The van der Waals surface area contributed by atoms with Crippen molar-refractivity contribution in [3.63, 3.8) is 0 Å².